The molecule has 96 valence electrons. The Balaban J connectivity index is 1.81. The minimum Gasteiger partial charge on any atom is -0.377 e. The zero-order valence-electron chi connectivity index (χ0n) is 10.6. The van der Waals surface area contributed by atoms with Gasteiger partial charge in [0.15, 0.2) is 0 Å². The van der Waals surface area contributed by atoms with Crippen LogP contribution in [0.5, 0.6) is 0 Å². The van der Waals surface area contributed by atoms with Crippen molar-refractivity contribution in [2.24, 2.45) is 5.92 Å². The number of rotatable bonds is 5. The van der Waals surface area contributed by atoms with Gasteiger partial charge in [-0.05, 0) is 18.8 Å². The third-order valence-corrected chi connectivity index (χ3v) is 4.34. The smallest absolute Gasteiger partial charge is 0.135 e. The van der Waals surface area contributed by atoms with E-state index in [1.165, 1.54) is 43.6 Å². The summed E-state index contributed by atoms with van der Waals surface area (Å²) in [5.41, 5.74) is 0.941. The number of hydrogen-bond acceptors (Lipinski definition) is 5. The van der Waals surface area contributed by atoms with Gasteiger partial charge in [0, 0.05) is 18.6 Å². The standard InChI is InChI=1S/C12H21N3OS/c1-3-9-5-4-6-10(7-9)16-8-11-12(13-2)17-15-14-11/h9-10,13H,3-8H2,1-2H3. The monoisotopic (exact) mass is 255 g/mol. The van der Waals surface area contributed by atoms with Gasteiger partial charge < -0.3 is 10.1 Å². The Morgan fingerprint density at radius 2 is 2.35 bits per heavy atom. The molecule has 1 aromatic rings. The summed E-state index contributed by atoms with van der Waals surface area (Å²) in [6.07, 6.45) is 6.78. The highest BCUT2D eigenvalue weighted by atomic mass is 32.1. The molecule has 2 unspecified atom stereocenters. The van der Waals surface area contributed by atoms with Crippen LogP contribution in [0.25, 0.3) is 0 Å². The second-order valence-electron chi connectivity index (χ2n) is 4.67. The molecule has 1 aliphatic rings. The third kappa shape index (κ3) is 3.39. The van der Waals surface area contributed by atoms with Gasteiger partial charge in [-0.15, -0.1) is 5.10 Å². The third-order valence-electron chi connectivity index (χ3n) is 3.55. The lowest BCUT2D eigenvalue weighted by atomic mass is 9.85. The zero-order chi connectivity index (χ0) is 12.1. The minimum atomic E-state index is 0.417. The molecule has 0 aromatic carbocycles. The SMILES string of the molecule is CCC1CCCC(OCc2nnsc2NC)C1. The number of nitrogens with one attached hydrogen (secondary N) is 1. The van der Waals surface area contributed by atoms with E-state index in [-0.39, 0.29) is 0 Å². The largest absolute Gasteiger partial charge is 0.377 e. The van der Waals surface area contributed by atoms with Gasteiger partial charge in [0.2, 0.25) is 0 Å². The molecule has 4 nitrogen and oxygen atoms in total. The molecule has 0 spiro atoms. The van der Waals surface area contributed by atoms with Crippen LogP contribution < -0.4 is 5.32 Å². The molecule has 2 rings (SSSR count). The number of ether oxygens (including phenoxy) is 1. The van der Waals surface area contributed by atoms with Crippen LogP contribution in [-0.2, 0) is 11.3 Å². The Hall–Kier alpha value is -0.680. The number of hydrogen-bond donors (Lipinski definition) is 1. The molecule has 1 saturated carbocycles. The molecule has 0 bridgehead atoms. The first-order valence-corrected chi connectivity index (χ1v) is 7.21. The first-order chi connectivity index (χ1) is 8.33. The molecular weight excluding hydrogens is 234 g/mol. The summed E-state index contributed by atoms with van der Waals surface area (Å²) < 4.78 is 9.90. The van der Waals surface area contributed by atoms with Crippen molar-refractivity contribution < 1.29 is 4.74 Å². The van der Waals surface area contributed by atoms with Crippen LogP contribution in [0.3, 0.4) is 0 Å². The van der Waals surface area contributed by atoms with E-state index in [4.69, 9.17) is 4.74 Å². The molecule has 1 N–H and O–H groups in total. The molecule has 5 heteroatoms. The summed E-state index contributed by atoms with van der Waals surface area (Å²) >= 11 is 1.39. The maximum absolute atomic E-state index is 5.97. The average Bonchev–Trinajstić information content (AvgIpc) is 2.84. The molecule has 1 aromatic heterocycles. The van der Waals surface area contributed by atoms with Crippen LogP contribution in [0, 0.1) is 5.92 Å². The van der Waals surface area contributed by atoms with E-state index in [1.807, 2.05) is 7.05 Å². The van der Waals surface area contributed by atoms with Crippen molar-refractivity contribution in [2.75, 3.05) is 12.4 Å². The van der Waals surface area contributed by atoms with Crippen molar-refractivity contribution >= 4 is 16.5 Å². The summed E-state index contributed by atoms with van der Waals surface area (Å²) in [6, 6.07) is 0. The second kappa shape index (κ2) is 6.31. The summed E-state index contributed by atoms with van der Waals surface area (Å²) in [4.78, 5) is 0. The minimum absolute atomic E-state index is 0.417. The normalized spacial score (nSPS) is 24.8. The zero-order valence-corrected chi connectivity index (χ0v) is 11.4. The molecule has 1 heterocycles. The highest BCUT2D eigenvalue weighted by molar-refractivity contribution is 7.10. The molecule has 1 aliphatic carbocycles. The number of aromatic nitrogens is 2. The predicted molar refractivity (Wildman–Crippen MR) is 70.3 cm³/mol. The highest BCUT2D eigenvalue weighted by Crippen LogP contribution is 2.29. The Bertz CT molecular complexity index is 342. The van der Waals surface area contributed by atoms with Crippen molar-refractivity contribution in [3.05, 3.63) is 5.69 Å². The van der Waals surface area contributed by atoms with Gasteiger partial charge >= 0.3 is 0 Å². The Labute approximate surface area is 107 Å². The topological polar surface area (TPSA) is 47.0 Å². The Morgan fingerprint density at radius 1 is 1.47 bits per heavy atom. The predicted octanol–water partition coefficient (Wildman–Crippen LogP) is 3.07. The van der Waals surface area contributed by atoms with Crippen LogP contribution in [0.4, 0.5) is 5.00 Å². The van der Waals surface area contributed by atoms with E-state index in [0.29, 0.717) is 12.7 Å². The first-order valence-electron chi connectivity index (χ1n) is 6.44. The van der Waals surface area contributed by atoms with Crippen LogP contribution >= 0.6 is 11.5 Å². The van der Waals surface area contributed by atoms with E-state index < -0.39 is 0 Å². The van der Waals surface area contributed by atoms with E-state index >= 15 is 0 Å². The van der Waals surface area contributed by atoms with Crippen LogP contribution in [0.2, 0.25) is 0 Å². The van der Waals surface area contributed by atoms with Gasteiger partial charge in [0.1, 0.15) is 10.7 Å². The summed E-state index contributed by atoms with van der Waals surface area (Å²) in [5.74, 6) is 0.853. The summed E-state index contributed by atoms with van der Waals surface area (Å²) in [6.45, 7) is 2.87. The van der Waals surface area contributed by atoms with Crippen LogP contribution in [-0.4, -0.2) is 22.7 Å². The quantitative estimate of drug-likeness (QED) is 0.878. The van der Waals surface area contributed by atoms with Crippen molar-refractivity contribution in [3.8, 4) is 0 Å². The maximum atomic E-state index is 5.97. The molecule has 17 heavy (non-hydrogen) atoms. The molecular formula is C12H21N3OS. The van der Waals surface area contributed by atoms with E-state index in [9.17, 15) is 0 Å². The number of anilines is 1. The molecule has 1 fully saturated rings. The molecule has 0 amide bonds. The van der Waals surface area contributed by atoms with Gasteiger partial charge in [0.05, 0.1) is 12.7 Å². The second-order valence-corrected chi connectivity index (χ2v) is 5.43. The maximum Gasteiger partial charge on any atom is 0.135 e. The fraction of sp³-hybridized carbons (Fsp3) is 0.833. The van der Waals surface area contributed by atoms with Crippen molar-refractivity contribution in [3.63, 3.8) is 0 Å². The molecule has 0 saturated heterocycles. The fourth-order valence-electron chi connectivity index (χ4n) is 2.45. The molecule has 0 aliphatic heterocycles. The average molecular weight is 255 g/mol. The summed E-state index contributed by atoms with van der Waals surface area (Å²) in [7, 11) is 1.90. The van der Waals surface area contributed by atoms with Crippen molar-refractivity contribution in [2.45, 2.75) is 51.7 Å². The van der Waals surface area contributed by atoms with Gasteiger partial charge in [0.25, 0.3) is 0 Å². The summed E-state index contributed by atoms with van der Waals surface area (Å²) in [5, 5.41) is 8.21. The van der Waals surface area contributed by atoms with Crippen LogP contribution in [0.1, 0.15) is 44.7 Å². The van der Waals surface area contributed by atoms with Crippen molar-refractivity contribution in [1.29, 1.82) is 0 Å². The van der Waals surface area contributed by atoms with Crippen molar-refractivity contribution in [1.82, 2.24) is 9.59 Å². The van der Waals surface area contributed by atoms with E-state index in [1.54, 1.807) is 0 Å². The highest BCUT2D eigenvalue weighted by Gasteiger charge is 2.21. The van der Waals surface area contributed by atoms with Gasteiger partial charge in [-0.2, -0.15) is 0 Å². The molecule has 2 atom stereocenters. The van der Waals surface area contributed by atoms with Gasteiger partial charge in [-0.3, -0.25) is 0 Å². The lowest BCUT2D eigenvalue weighted by Gasteiger charge is -2.28. The van der Waals surface area contributed by atoms with Gasteiger partial charge in [-0.25, -0.2) is 0 Å². The van der Waals surface area contributed by atoms with E-state index in [0.717, 1.165) is 16.6 Å². The molecule has 0 radical (unpaired) electrons. The first kappa shape index (κ1) is 12.8. The Morgan fingerprint density at radius 3 is 3.12 bits per heavy atom. The van der Waals surface area contributed by atoms with E-state index in [2.05, 4.69) is 21.8 Å². The lowest BCUT2D eigenvalue weighted by molar-refractivity contribution is 0.000574. The number of nitrogens with zero attached hydrogens (tertiary/aromatic N) is 2. The van der Waals surface area contributed by atoms with Crippen LogP contribution in [0.15, 0.2) is 0 Å². The fourth-order valence-corrected chi connectivity index (χ4v) is 2.97. The Kier molecular flexibility index (Phi) is 4.74. The lowest BCUT2D eigenvalue weighted by Crippen LogP contribution is -2.22. The van der Waals surface area contributed by atoms with Gasteiger partial charge in [-0.1, -0.05) is 30.7 Å².